The molecule has 0 unspecified atom stereocenters. The van der Waals surface area contributed by atoms with Gasteiger partial charge in [0.2, 0.25) is 0 Å². The van der Waals surface area contributed by atoms with Gasteiger partial charge in [-0.05, 0) is 23.3 Å². The molecule has 132 valence electrons. The molecule has 3 aromatic carbocycles. The molecule has 0 spiro atoms. The van der Waals surface area contributed by atoms with Crippen LogP contribution in [0.3, 0.4) is 0 Å². The van der Waals surface area contributed by atoms with Crippen molar-refractivity contribution >= 4 is 5.97 Å². The quantitative estimate of drug-likeness (QED) is 0.647. The Hall–Kier alpha value is -3.27. The summed E-state index contributed by atoms with van der Waals surface area (Å²) < 4.78 is 11.5. The number of carboxylic acids is 1. The van der Waals surface area contributed by atoms with Gasteiger partial charge in [0.25, 0.3) is 0 Å². The number of hydrogen-bond acceptors (Lipinski definition) is 3. The Labute approximate surface area is 152 Å². The van der Waals surface area contributed by atoms with E-state index in [9.17, 15) is 9.90 Å². The number of aromatic carboxylic acids is 1. The maximum atomic E-state index is 11.4. The third-order valence-corrected chi connectivity index (χ3v) is 3.92. The van der Waals surface area contributed by atoms with Crippen LogP contribution in [0, 0.1) is 0 Å². The summed E-state index contributed by atoms with van der Waals surface area (Å²) in [6.45, 7) is 0.809. The van der Waals surface area contributed by atoms with Gasteiger partial charge in [0.15, 0.2) is 0 Å². The minimum absolute atomic E-state index is 0.122. The standard InChI is InChI=1S/C22H20O4/c23-22(24)20-12-11-19(25-14-13-17-7-3-1-4-8-17)15-21(20)26-16-18-9-5-2-6-10-18/h1-12,15H,13-14,16H2,(H,23,24). The predicted molar refractivity (Wildman–Crippen MR) is 99.8 cm³/mol. The van der Waals surface area contributed by atoms with Gasteiger partial charge in [-0.1, -0.05) is 60.7 Å². The summed E-state index contributed by atoms with van der Waals surface area (Å²) in [5.41, 5.74) is 2.28. The number of carbonyl (C=O) groups is 1. The summed E-state index contributed by atoms with van der Waals surface area (Å²) >= 11 is 0. The van der Waals surface area contributed by atoms with Crippen LogP contribution in [0.2, 0.25) is 0 Å². The summed E-state index contributed by atoms with van der Waals surface area (Å²) in [5, 5.41) is 9.36. The van der Waals surface area contributed by atoms with Crippen LogP contribution in [0.25, 0.3) is 0 Å². The van der Waals surface area contributed by atoms with Crippen LogP contribution in [-0.4, -0.2) is 17.7 Å². The molecule has 0 amide bonds. The monoisotopic (exact) mass is 348 g/mol. The lowest BCUT2D eigenvalue weighted by molar-refractivity contribution is 0.0691. The number of rotatable bonds is 8. The van der Waals surface area contributed by atoms with Gasteiger partial charge in [-0.2, -0.15) is 0 Å². The van der Waals surface area contributed by atoms with Crippen molar-refractivity contribution in [2.24, 2.45) is 0 Å². The van der Waals surface area contributed by atoms with E-state index in [4.69, 9.17) is 9.47 Å². The van der Waals surface area contributed by atoms with Crippen LogP contribution in [0.4, 0.5) is 0 Å². The fourth-order valence-electron chi connectivity index (χ4n) is 2.56. The summed E-state index contributed by atoms with van der Waals surface area (Å²) in [6.07, 6.45) is 0.779. The zero-order valence-electron chi connectivity index (χ0n) is 14.3. The first-order valence-corrected chi connectivity index (χ1v) is 8.43. The smallest absolute Gasteiger partial charge is 0.339 e. The lowest BCUT2D eigenvalue weighted by atomic mass is 10.1. The van der Waals surface area contributed by atoms with Crippen LogP contribution in [0.15, 0.2) is 78.9 Å². The van der Waals surface area contributed by atoms with Crippen LogP contribution >= 0.6 is 0 Å². The summed E-state index contributed by atoms with van der Waals surface area (Å²) in [6, 6.07) is 24.5. The van der Waals surface area contributed by atoms with Gasteiger partial charge in [-0.15, -0.1) is 0 Å². The molecular weight excluding hydrogens is 328 g/mol. The highest BCUT2D eigenvalue weighted by Crippen LogP contribution is 2.26. The third-order valence-electron chi connectivity index (χ3n) is 3.92. The Kier molecular flexibility index (Phi) is 5.88. The SMILES string of the molecule is O=C(O)c1ccc(OCCc2ccccc2)cc1OCc1ccccc1. The Balaban J connectivity index is 1.66. The largest absolute Gasteiger partial charge is 0.493 e. The van der Waals surface area contributed by atoms with Crippen molar-refractivity contribution < 1.29 is 19.4 Å². The summed E-state index contributed by atoms with van der Waals surface area (Å²) in [7, 11) is 0. The lowest BCUT2D eigenvalue weighted by Crippen LogP contribution is -2.05. The van der Waals surface area contributed by atoms with E-state index >= 15 is 0 Å². The molecule has 0 saturated heterocycles. The molecule has 1 N–H and O–H groups in total. The molecule has 0 aliphatic heterocycles. The van der Waals surface area contributed by atoms with Gasteiger partial charge in [-0.3, -0.25) is 0 Å². The Morgan fingerprint density at radius 3 is 2.12 bits per heavy atom. The zero-order valence-corrected chi connectivity index (χ0v) is 14.3. The Morgan fingerprint density at radius 2 is 1.46 bits per heavy atom. The molecule has 0 saturated carbocycles. The van der Waals surface area contributed by atoms with E-state index in [-0.39, 0.29) is 5.56 Å². The average Bonchev–Trinajstić information content (AvgIpc) is 2.68. The molecular formula is C22H20O4. The van der Waals surface area contributed by atoms with Crippen LogP contribution in [0.1, 0.15) is 21.5 Å². The molecule has 26 heavy (non-hydrogen) atoms. The predicted octanol–water partition coefficient (Wildman–Crippen LogP) is 4.59. The van der Waals surface area contributed by atoms with E-state index in [0.29, 0.717) is 24.7 Å². The Morgan fingerprint density at radius 1 is 0.808 bits per heavy atom. The number of ether oxygens (including phenoxy) is 2. The van der Waals surface area contributed by atoms with E-state index in [2.05, 4.69) is 0 Å². The van der Waals surface area contributed by atoms with Gasteiger partial charge in [-0.25, -0.2) is 4.79 Å². The second kappa shape index (κ2) is 8.72. The minimum Gasteiger partial charge on any atom is -0.493 e. The van der Waals surface area contributed by atoms with Crippen molar-refractivity contribution in [2.75, 3.05) is 6.61 Å². The molecule has 4 heteroatoms. The maximum Gasteiger partial charge on any atom is 0.339 e. The van der Waals surface area contributed by atoms with Crippen molar-refractivity contribution in [3.8, 4) is 11.5 Å². The molecule has 0 aromatic heterocycles. The first kappa shape index (κ1) is 17.5. The van der Waals surface area contributed by atoms with Gasteiger partial charge < -0.3 is 14.6 Å². The fourth-order valence-corrected chi connectivity index (χ4v) is 2.56. The minimum atomic E-state index is -1.02. The highest BCUT2D eigenvalue weighted by Gasteiger charge is 2.13. The first-order chi connectivity index (χ1) is 12.7. The second-order valence-electron chi connectivity index (χ2n) is 5.82. The molecule has 4 nitrogen and oxygen atoms in total. The van der Waals surface area contributed by atoms with E-state index in [1.165, 1.54) is 11.6 Å². The van der Waals surface area contributed by atoms with E-state index in [0.717, 1.165) is 12.0 Å². The molecule has 0 aliphatic rings. The normalized spacial score (nSPS) is 10.3. The van der Waals surface area contributed by atoms with Crippen LogP contribution in [0.5, 0.6) is 11.5 Å². The number of hydrogen-bond donors (Lipinski definition) is 1. The van der Waals surface area contributed by atoms with Crippen molar-refractivity contribution in [1.29, 1.82) is 0 Å². The molecule has 0 bridgehead atoms. The van der Waals surface area contributed by atoms with Crippen molar-refractivity contribution in [1.82, 2.24) is 0 Å². The number of carboxylic acid groups (broad SMARTS) is 1. The molecule has 0 radical (unpaired) electrons. The summed E-state index contributed by atoms with van der Waals surface area (Å²) in [4.78, 5) is 11.4. The highest BCUT2D eigenvalue weighted by atomic mass is 16.5. The molecule has 0 fully saturated rings. The van der Waals surface area contributed by atoms with Gasteiger partial charge in [0.1, 0.15) is 23.7 Å². The van der Waals surface area contributed by atoms with Crippen molar-refractivity contribution in [3.63, 3.8) is 0 Å². The average molecular weight is 348 g/mol. The van der Waals surface area contributed by atoms with Crippen LogP contribution in [-0.2, 0) is 13.0 Å². The van der Waals surface area contributed by atoms with E-state index < -0.39 is 5.97 Å². The van der Waals surface area contributed by atoms with Crippen LogP contribution < -0.4 is 9.47 Å². The van der Waals surface area contributed by atoms with Gasteiger partial charge in [0, 0.05) is 12.5 Å². The third kappa shape index (κ3) is 4.86. The van der Waals surface area contributed by atoms with E-state index in [1.807, 2.05) is 60.7 Å². The fraction of sp³-hybridized carbons (Fsp3) is 0.136. The molecule has 0 aliphatic carbocycles. The highest BCUT2D eigenvalue weighted by molar-refractivity contribution is 5.91. The van der Waals surface area contributed by atoms with E-state index in [1.54, 1.807) is 12.1 Å². The zero-order chi connectivity index (χ0) is 18.2. The molecule has 0 heterocycles. The Bertz CT molecular complexity index is 845. The summed E-state index contributed by atoms with van der Waals surface area (Å²) in [5.74, 6) is -0.128. The molecule has 3 aromatic rings. The number of benzene rings is 3. The first-order valence-electron chi connectivity index (χ1n) is 8.43. The lowest BCUT2D eigenvalue weighted by Gasteiger charge is -2.12. The maximum absolute atomic E-state index is 11.4. The molecule has 0 atom stereocenters. The topological polar surface area (TPSA) is 55.8 Å². The van der Waals surface area contributed by atoms with Crippen molar-refractivity contribution in [3.05, 3.63) is 95.6 Å². The second-order valence-corrected chi connectivity index (χ2v) is 5.82. The van der Waals surface area contributed by atoms with Gasteiger partial charge in [0.05, 0.1) is 6.61 Å². The van der Waals surface area contributed by atoms with Crippen molar-refractivity contribution in [2.45, 2.75) is 13.0 Å². The van der Waals surface area contributed by atoms with Gasteiger partial charge >= 0.3 is 5.97 Å². The molecule has 3 rings (SSSR count).